The van der Waals surface area contributed by atoms with E-state index in [9.17, 15) is 10.1 Å². The van der Waals surface area contributed by atoms with Crippen molar-refractivity contribution in [1.29, 1.82) is 5.26 Å². The summed E-state index contributed by atoms with van der Waals surface area (Å²) in [4.78, 5) is 12.6. The number of hydrazone groups is 1. The molecule has 0 aliphatic carbocycles. The second-order valence-corrected chi connectivity index (χ2v) is 5.44. The summed E-state index contributed by atoms with van der Waals surface area (Å²) in [6.07, 6.45) is 0. The molecule has 1 fully saturated rings. The van der Waals surface area contributed by atoms with Crippen LogP contribution in [0, 0.1) is 27.4 Å². The molecule has 0 radical (unpaired) electrons. The van der Waals surface area contributed by atoms with E-state index in [0.29, 0.717) is 19.9 Å². The van der Waals surface area contributed by atoms with Crippen LogP contribution in [0.25, 0.3) is 0 Å². The number of nitrogens with zero attached hydrogens (tertiary/aromatic N) is 4. The number of nitro groups is 1. The lowest BCUT2D eigenvalue weighted by Gasteiger charge is -2.35. The zero-order valence-corrected chi connectivity index (χ0v) is 12.0. The molecule has 0 amide bonds. The van der Waals surface area contributed by atoms with Crippen LogP contribution in [-0.2, 0) is 4.74 Å². The molecule has 8 heteroatoms. The molecule has 1 saturated heterocycles. The van der Waals surface area contributed by atoms with Gasteiger partial charge in [0.25, 0.3) is 5.69 Å². The molecule has 0 saturated carbocycles. The van der Waals surface area contributed by atoms with Gasteiger partial charge in [0, 0.05) is 25.1 Å². The lowest BCUT2D eigenvalue weighted by atomic mass is 9.82. The average molecular weight is 301 g/mol. The van der Waals surface area contributed by atoms with Crippen LogP contribution in [0.15, 0.2) is 23.3 Å². The summed E-state index contributed by atoms with van der Waals surface area (Å²) in [5.74, 6) is 0.896. The molecule has 8 nitrogen and oxygen atoms in total. The van der Waals surface area contributed by atoms with Crippen molar-refractivity contribution >= 4 is 11.5 Å². The van der Waals surface area contributed by atoms with Crippen molar-refractivity contribution in [3.05, 3.63) is 39.4 Å². The Kier molecular flexibility index (Phi) is 3.65. The third-order valence-corrected chi connectivity index (χ3v) is 3.95. The van der Waals surface area contributed by atoms with Gasteiger partial charge in [-0.05, 0) is 11.6 Å². The molecule has 1 unspecified atom stereocenters. The predicted molar refractivity (Wildman–Crippen MR) is 78.1 cm³/mol. The minimum atomic E-state index is -0.475. The van der Waals surface area contributed by atoms with Crippen LogP contribution in [0.1, 0.15) is 17.0 Å². The smallest absolute Gasteiger partial charge is 0.271 e. The van der Waals surface area contributed by atoms with E-state index in [1.807, 2.05) is 18.0 Å². The van der Waals surface area contributed by atoms with Crippen molar-refractivity contribution in [3.63, 3.8) is 0 Å². The highest BCUT2D eigenvalue weighted by Crippen LogP contribution is 2.35. The van der Waals surface area contributed by atoms with Crippen molar-refractivity contribution < 1.29 is 9.66 Å². The van der Waals surface area contributed by atoms with Gasteiger partial charge >= 0.3 is 0 Å². The Morgan fingerprint density at radius 3 is 2.82 bits per heavy atom. The van der Waals surface area contributed by atoms with E-state index in [1.165, 1.54) is 12.1 Å². The predicted octanol–water partition coefficient (Wildman–Crippen LogP) is 1.00. The van der Waals surface area contributed by atoms with Crippen molar-refractivity contribution in [2.24, 2.45) is 11.0 Å². The Labute approximate surface area is 127 Å². The number of nitrogens with one attached hydrogen (secondary N) is 1. The van der Waals surface area contributed by atoms with E-state index in [-0.39, 0.29) is 23.1 Å². The lowest BCUT2D eigenvalue weighted by Crippen LogP contribution is -2.41. The SMILES string of the molecule is CN1CNN=C1C(c1cc(C#N)cc([N+](=O)[O-])c1)C1COC1. The van der Waals surface area contributed by atoms with Gasteiger partial charge in [-0.2, -0.15) is 10.4 Å². The fraction of sp³-hybridized carbons (Fsp3) is 0.429. The molecule has 2 heterocycles. The van der Waals surface area contributed by atoms with Gasteiger partial charge in [0.15, 0.2) is 0 Å². The van der Waals surface area contributed by atoms with Crippen LogP contribution in [0.5, 0.6) is 0 Å². The molecule has 0 aromatic heterocycles. The fourth-order valence-electron chi connectivity index (χ4n) is 2.76. The zero-order chi connectivity index (χ0) is 15.7. The molecule has 2 aliphatic rings. The number of likely N-dealkylation sites (N-methyl/N-ethyl adjacent to an activating group) is 1. The van der Waals surface area contributed by atoms with Gasteiger partial charge in [-0.25, -0.2) is 0 Å². The number of rotatable bonds is 4. The van der Waals surface area contributed by atoms with Crippen molar-refractivity contribution in [1.82, 2.24) is 10.3 Å². The highest BCUT2D eigenvalue weighted by Gasteiger charge is 2.37. The molecule has 3 rings (SSSR count). The second kappa shape index (κ2) is 5.61. The number of non-ortho nitro benzene ring substituents is 1. The van der Waals surface area contributed by atoms with Gasteiger partial charge in [-0.1, -0.05) is 0 Å². The maximum atomic E-state index is 11.1. The molecule has 1 aromatic rings. The van der Waals surface area contributed by atoms with Crippen LogP contribution >= 0.6 is 0 Å². The summed E-state index contributed by atoms with van der Waals surface area (Å²) < 4.78 is 5.27. The second-order valence-electron chi connectivity index (χ2n) is 5.44. The van der Waals surface area contributed by atoms with Gasteiger partial charge in [0.2, 0.25) is 0 Å². The van der Waals surface area contributed by atoms with Crippen molar-refractivity contribution in [3.8, 4) is 6.07 Å². The summed E-state index contributed by atoms with van der Waals surface area (Å²) in [5.41, 5.74) is 3.85. The average Bonchev–Trinajstić information content (AvgIpc) is 2.87. The van der Waals surface area contributed by atoms with Gasteiger partial charge in [-0.3, -0.25) is 15.5 Å². The molecule has 2 aliphatic heterocycles. The monoisotopic (exact) mass is 301 g/mol. The highest BCUT2D eigenvalue weighted by molar-refractivity contribution is 5.90. The van der Waals surface area contributed by atoms with Crippen molar-refractivity contribution in [2.45, 2.75) is 5.92 Å². The molecule has 0 bridgehead atoms. The summed E-state index contributed by atoms with van der Waals surface area (Å²) in [7, 11) is 1.91. The first-order valence-electron chi connectivity index (χ1n) is 6.89. The number of hydrogen-bond acceptors (Lipinski definition) is 7. The fourth-order valence-corrected chi connectivity index (χ4v) is 2.76. The van der Waals surface area contributed by atoms with E-state index in [4.69, 9.17) is 10.00 Å². The quantitative estimate of drug-likeness (QED) is 0.657. The Bertz CT molecular complexity index is 678. The minimum absolute atomic E-state index is 0.0755. The molecule has 114 valence electrons. The normalized spacial score (nSPS) is 18.9. The molecule has 1 atom stereocenters. The number of nitriles is 1. The van der Waals surface area contributed by atoms with E-state index < -0.39 is 4.92 Å². The summed E-state index contributed by atoms with van der Waals surface area (Å²) in [5, 5.41) is 24.5. The number of hydrogen-bond donors (Lipinski definition) is 1. The first-order valence-corrected chi connectivity index (χ1v) is 6.89. The van der Waals surface area contributed by atoms with Gasteiger partial charge in [0.05, 0.1) is 35.7 Å². The molecule has 22 heavy (non-hydrogen) atoms. The summed E-state index contributed by atoms with van der Waals surface area (Å²) in [6.45, 7) is 1.77. The number of nitro benzene ring substituents is 1. The molecule has 1 N–H and O–H groups in total. The van der Waals surface area contributed by atoms with Gasteiger partial charge in [0.1, 0.15) is 12.5 Å². The highest BCUT2D eigenvalue weighted by atomic mass is 16.6. The Hall–Kier alpha value is -2.66. The zero-order valence-electron chi connectivity index (χ0n) is 12.0. The van der Waals surface area contributed by atoms with Crippen LogP contribution in [0.4, 0.5) is 5.69 Å². The maximum absolute atomic E-state index is 11.1. The van der Waals surface area contributed by atoms with Crippen LogP contribution < -0.4 is 5.43 Å². The molecular formula is C14H15N5O3. The van der Waals surface area contributed by atoms with E-state index >= 15 is 0 Å². The minimum Gasteiger partial charge on any atom is -0.381 e. The molecule has 1 aromatic carbocycles. The van der Waals surface area contributed by atoms with Gasteiger partial charge in [-0.15, -0.1) is 0 Å². The third-order valence-electron chi connectivity index (χ3n) is 3.95. The van der Waals surface area contributed by atoms with Gasteiger partial charge < -0.3 is 9.64 Å². The van der Waals surface area contributed by atoms with Crippen LogP contribution in [0.2, 0.25) is 0 Å². The first kappa shape index (κ1) is 14.3. The van der Waals surface area contributed by atoms with Crippen LogP contribution in [0.3, 0.4) is 0 Å². The van der Waals surface area contributed by atoms with Crippen molar-refractivity contribution in [2.75, 3.05) is 26.9 Å². The largest absolute Gasteiger partial charge is 0.381 e. The Morgan fingerprint density at radius 1 is 1.55 bits per heavy atom. The van der Waals surface area contributed by atoms with Crippen LogP contribution in [-0.4, -0.2) is 42.6 Å². The summed E-state index contributed by atoms with van der Waals surface area (Å²) >= 11 is 0. The third kappa shape index (κ3) is 2.46. The topological polar surface area (TPSA) is 104 Å². The number of benzene rings is 1. The molecule has 0 spiro atoms. The number of ether oxygens (including phenoxy) is 1. The van der Waals surface area contributed by atoms with E-state index in [2.05, 4.69) is 10.5 Å². The number of amidine groups is 1. The Balaban J connectivity index is 2.06. The standard InChI is InChI=1S/C14H15N5O3/c1-18-8-16-17-14(18)13(11-6-22-7-11)10-2-9(5-15)3-12(4-10)19(20)21/h2-4,11,13,16H,6-8H2,1H3. The molecular weight excluding hydrogens is 286 g/mol. The Morgan fingerprint density at radius 2 is 2.32 bits per heavy atom. The maximum Gasteiger partial charge on any atom is 0.271 e. The first-order chi connectivity index (χ1) is 10.6. The van der Waals surface area contributed by atoms with E-state index in [0.717, 1.165) is 11.4 Å². The van der Waals surface area contributed by atoms with E-state index in [1.54, 1.807) is 6.07 Å². The summed E-state index contributed by atoms with van der Waals surface area (Å²) in [6, 6.07) is 6.50. The lowest BCUT2D eigenvalue weighted by molar-refractivity contribution is -0.385.